The quantitative estimate of drug-likeness (QED) is 0.776. The molecule has 0 saturated heterocycles. The Morgan fingerprint density at radius 1 is 1.36 bits per heavy atom. The molecule has 1 aromatic heterocycles. The van der Waals surface area contributed by atoms with E-state index in [0.717, 1.165) is 22.6 Å². The molecule has 1 aromatic carbocycles. The van der Waals surface area contributed by atoms with Crippen LogP contribution in [0.25, 0.3) is 10.1 Å². The molecule has 0 radical (unpaired) electrons. The van der Waals surface area contributed by atoms with E-state index in [-0.39, 0.29) is 6.09 Å². The first-order valence-corrected chi connectivity index (χ1v) is 8.28. The Morgan fingerprint density at radius 2 is 2.09 bits per heavy atom. The number of hydrogen-bond acceptors (Lipinski definition) is 4. The smallest absolute Gasteiger partial charge is 0.414 e. The fraction of sp³-hybridized carbons (Fsp3) is 0.471. The number of carbonyl (C=O) groups is 1. The van der Waals surface area contributed by atoms with Gasteiger partial charge in [0.05, 0.1) is 17.5 Å². The molecule has 0 fully saturated rings. The van der Waals surface area contributed by atoms with Gasteiger partial charge < -0.3 is 9.47 Å². The summed E-state index contributed by atoms with van der Waals surface area (Å²) in [6, 6.07) is 1.96. The Hall–Kier alpha value is -1.75. The highest BCUT2D eigenvalue weighted by molar-refractivity contribution is 7.17. The molecule has 1 aliphatic rings. The number of ether oxygens (including phenoxy) is 2. The van der Waals surface area contributed by atoms with E-state index in [1.807, 2.05) is 26.8 Å². The van der Waals surface area contributed by atoms with Gasteiger partial charge in [-0.3, -0.25) is 4.90 Å². The Morgan fingerprint density at radius 3 is 2.73 bits per heavy atom. The number of fused-ring (bicyclic) bond motifs is 3. The zero-order valence-electron chi connectivity index (χ0n) is 13.6. The summed E-state index contributed by atoms with van der Waals surface area (Å²) in [6.07, 6.45) is 0.563. The molecule has 1 amide bonds. The lowest BCUT2D eigenvalue weighted by Gasteiger charge is -2.25. The third-order valence-electron chi connectivity index (χ3n) is 3.79. The number of aryl methyl sites for hydroxylation is 1. The van der Waals surface area contributed by atoms with E-state index in [2.05, 4.69) is 12.3 Å². The summed E-state index contributed by atoms with van der Waals surface area (Å²) in [5.74, 6) is 0.822. The maximum absolute atomic E-state index is 12.4. The van der Waals surface area contributed by atoms with Crippen LogP contribution in [-0.2, 0) is 11.2 Å². The summed E-state index contributed by atoms with van der Waals surface area (Å²) < 4.78 is 12.2. The summed E-state index contributed by atoms with van der Waals surface area (Å²) >= 11 is 1.69. The molecule has 0 aliphatic carbocycles. The van der Waals surface area contributed by atoms with Gasteiger partial charge in [-0.25, -0.2) is 4.79 Å². The average Bonchev–Trinajstić information content (AvgIpc) is 2.99. The first-order chi connectivity index (χ1) is 10.3. The van der Waals surface area contributed by atoms with Crippen molar-refractivity contribution in [2.45, 2.75) is 39.7 Å². The lowest BCUT2D eigenvalue weighted by Crippen LogP contribution is -2.35. The highest BCUT2D eigenvalue weighted by Gasteiger charge is 2.31. The lowest BCUT2D eigenvalue weighted by molar-refractivity contribution is 0.0584. The molecule has 118 valence electrons. The van der Waals surface area contributed by atoms with Crippen molar-refractivity contribution in [2.24, 2.45) is 0 Å². The minimum Gasteiger partial charge on any atom is -0.495 e. The first kappa shape index (κ1) is 15.2. The molecular formula is C17H21NO3S. The number of rotatable bonds is 1. The van der Waals surface area contributed by atoms with Crippen LogP contribution in [-0.4, -0.2) is 25.3 Å². The van der Waals surface area contributed by atoms with Gasteiger partial charge in [0.15, 0.2) is 0 Å². The molecule has 0 saturated carbocycles. The van der Waals surface area contributed by atoms with Crippen molar-refractivity contribution in [1.29, 1.82) is 0 Å². The van der Waals surface area contributed by atoms with Crippen LogP contribution in [0.3, 0.4) is 0 Å². The van der Waals surface area contributed by atoms with Crippen LogP contribution in [0.2, 0.25) is 0 Å². The van der Waals surface area contributed by atoms with Crippen molar-refractivity contribution < 1.29 is 14.3 Å². The largest absolute Gasteiger partial charge is 0.495 e. The summed E-state index contributed by atoms with van der Waals surface area (Å²) in [5, 5.41) is 3.37. The summed E-state index contributed by atoms with van der Waals surface area (Å²) in [4.78, 5) is 14.2. The van der Waals surface area contributed by atoms with Crippen molar-refractivity contribution in [3.05, 3.63) is 22.6 Å². The molecule has 3 rings (SSSR count). The molecule has 0 N–H and O–H groups in total. The predicted molar refractivity (Wildman–Crippen MR) is 90.4 cm³/mol. The van der Waals surface area contributed by atoms with E-state index < -0.39 is 5.60 Å². The van der Waals surface area contributed by atoms with E-state index >= 15 is 0 Å². The van der Waals surface area contributed by atoms with Crippen LogP contribution in [0.1, 0.15) is 31.9 Å². The number of amides is 1. The Kier molecular flexibility index (Phi) is 3.56. The number of carbonyl (C=O) groups excluding carboxylic acids is 1. The number of nitrogens with zero attached hydrogens (tertiary/aromatic N) is 1. The highest BCUT2D eigenvalue weighted by Crippen LogP contribution is 2.44. The molecule has 0 spiro atoms. The summed E-state index contributed by atoms with van der Waals surface area (Å²) in [6.45, 7) is 8.41. The molecular weight excluding hydrogens is 298 g/mol. The molecule has 4 nitrogen and oxygen atoms in total. The standard InChI is InChI=1S/C17H21NO3S/c1-10-9-22-15-13(20-5)8-12-11(14(10)15)6-7-18(12)16(19)21-17(2,3)4/h8-9H,6-7H2,1-5H3. The Labute approximate surface area is 134 Å². The molecule has 22 heavy (non-hydrogen) atoms. The Bertz CT molecular complexity index is 742. The van der Waals surface area contributed by atoms with Crippen LogP contribution in [0, 0.1) is 6.92 Å². The zero-order valence-corrected chi connectivity index (χ0v) is 14.5. The van der Waals surface area contributed by atoms with Crippen molar-refractivity contribution >= 4 is 33.2 Å². The van der Waals surface area contributed by atoms with E-state index in [1.165, 1.54) is 16.5 Å². The molecule has 0 atom stereocenters. The number of methoxy groups -OCH3 is 1. The minimum absolute atomic E-state index is 0.291. The molecule has 2 aromatic rings. The van der Waals surface area contributed by atoms with Gasteiger partial charge in [-0.1, -0.05) is 0 Å². The maximum Gasteiger partial charge on any atom is 0.414 e. The van der Waals surface area contributed by atoms with Gasteiger partial charge in [0.2, 0.25) is 0 Å². The van der Waals surface area contributed by atoms with E-state index in [4.69, 9.17) is 9.47 Å². The average molecular weight is 319 g/mol. The zero-order chi connectivity index (χ0) is 16.1. The van der Waals surface area contributed by atoms with Gasteiger partial charge >= 0.3 is 6.09 Å². The molecule has 0 bridgehead atoms. The van der Waals surface area contributed by atoms with Crippen molar-refractivity contribution in [3.63, 3.8) is 0 Å². The van der Waals surface area contributed by atoms with Crippen molar-refractivity contribution in [3.8, 4) is 5.75 Å². The van der Waals surface area contributed by atoms with Crippen LogP contribution in [0.5, 0.6) is 5.75 Å². The van der Waals surface area contributed by atoms with Crippen LogP contribution in [0.15, 0.2) is 11.4 Å². The van der Waals surface area contributed by atoms with Gasteiger partial charge in [0, 0.05) is 18.0 Å². The van der Waals surface area contributed by atoms with Gasteiger partial charge in [0.25, 0.3) is 0 Å². The second-order valence-corrected chi connectivity index (χ2v) is 7.46. The number of hydrogen-bond donors (Lipinski definition) is 0. The van der Waals surface area contributed by atoms with Crippen LogP contribution < -0.4 is 9.64 Å². The number of thiophene rings is 1. The van der Waals surface area contributed by atoms with E-state index in [9.17, 15) is 4.79 Å². The third-order valence-corrected chi connectivity index (χ3v) is 4.90. The van der Waals surface area contributed by atoms with Gasteiger partial charge in [-0.2, -0.15) is 0 Å². The summed E-state index contributed by atoms with van der Waals surface area (Å²) in [7, 11) is 1.67. The second kappa shape index (κ2) is 5.16. The first-order valence-electron chi connectivity index (χ1n) is 7.40. The fourth-order valence-corrected chi connectivity index (χ4v) is 3.97. The van der Waals surface area contributed by atoms with Gasteiger partial charge in [-0.05, 0) is 50.6 Å². The monoisotopic (exact) mass is 319 g/mol. The topological polar surface area (TPSA) is 38.8 Å². The molecule has 0 unspecified atom stereocenters. The predicted octanol–water partition coefficient (Wildman–Crippen LogP) is 4.52. The second-order valence-electron chi connectivity index (χ2n) is 6.58. The lowest BCUT2D eigenvalue weighted by atomic mass is 10.0. The SMILES string of the molecule is COc1cc2c(c3c(C)csc13)CCN2C(=O)OC(C)(C)C. The number of anilines is 1. The normalized spacial score (nSPS) is 14.3. The van der Waals surface area contributed by atoms with Crippen LogP contribution in [0.4, 0.5) is 10.5 Å². The van der Waals surface area contributed by atoms with Gasteiger partial charge in [0.1, 0.15) is 11.4 Å². The number of benzene rings is 1. The molecule has 1 aliphatic heterocycles. The fourth-order valence-electron chi connectivity index (χ4n) is 2.90. The Balaban J connectivity index is 2.09. The minimum atomic E-state index is -0.494. The van der Waals surface area contributed by atoms with Gasteiger partial charge in [-0.15, -0.1) is 11.3 Å². The maximum atomic E-state index is 12.4. The van der Waals surface area contributed by atoms with E-state index in [1.54, 1.807) is 23.3 Å². The van der Waals surface area contributed by atoms with Crippen LogP contribution >= 0.6 is 11.3 Å². The van der Waals surface area contributed by atoms with E-state index in [0.29, 0.717) is 6.54 Å². The highest BCUT2D eigenvalue weighted by atomic mass is 32.1. The molecule has 5 heteroatoms. The third kappa shape index (κ3) is 2.43. The van der Waals surface area contributed by atoms with Crippen molar-refractivity contribution in [2.75, 3.05) is 18.6 Å². The molecule has 2 heterocycles. The summed E-state index contributed by atoms with van der Waals surface area (Å²) in [5.41, 5.74) is 2.88. The van der Waals surface area contributed by atoms with Crippen molar-refractivity contribution in [1.82, 2.24) is 0 Å².